The summed E-state index contributed by atoms with van der Waals surface area (Å²) in [4.78, 5) is 30.9. The molecular weight excluding hydrogens is 268 g/mol. The van der Waals surface area contributed by atoms with Crippen LogP contribution < -0.4 is 5.73 Å². The van der Waals surface area contributed by atoms with Gasteiger partial charge in [-0.3, -0.25) is 14.4 Å². The van der Waals surface area contributed by atoms with Crippen LogP contribution in [0, 0.1) is 0 Å². The minimum atomic E-state index is -0.968. The van der Waals surface area contributed by atoms with E-state index in [0.29, 0.717) is 11.0 Å². The summed E-state index contributed by atoms with van der Waals surface area (Å²) in [6, 6.07) is 0. The fraction of sp³-hybridized carbons (Fsp3) is 0.750. The predicted octanol–water partition coefficient (Wildman–Crippen LogP) is -0.481. The Morgan fingerprint density at radius 3 is 1.85 bits per heavy atom. The van der Waals surface area contributed by atoms with Gasteiger partial charge in [0.05, 0.1) is 34.1 Å². The summed E-state index contributed by atoms with van der Waals surface area (Å²) in [6.07, 6.45) is -0.413. The number of carbonyl (C=O) groups is 3. The van der Waals surface area contributed by atoms with Crippen molar-refractivity contribution in [3.05, 3.63) is 0 Å². The lowest BCUT2D eigenvalue weighted by atomic mass is 10.2. The quantitative estimate of drug-likeness (QED) is 0.427. The zero-order valence-electron chi connectivity index (χ0n) is 12.5. The second-order valence-electron chi connectivity index (χ2n) is 5.13. The van der Waals surface area contributed by atoms with Crippen LogP contribution in [0.1, 0.15) is 19.8 Å². The number of carboxylic acids is 2. The molecule has 4 N–H and O–H groups in total. The fourth-order valence-electron chi connectivity index (χ4n) is 1.22. The van der Waals surface area contributed by atoms with Gasteiger partial charge >= 0.3 is 17.9 Å². The molecule has 0 aromatic rings. The molecule has 0 heterocycles. The van der Waals surface area contributed by atoms with Crippen LogP contribution in [0.2, 0.25) is 0 Å². The van der Waals surface area contributed by atoms with Gasteiger partial charge in [-0.15, -0.1) is 0 Å². The van der Waals surface area contributed by atoms with Crippen LogP contribution in [0.25, 0.3) is 0 Å². The number of carbonyl (C=O) groups excluding carboxylic acids is 1. The summed E-state index contributed by atoms with van der Waals surface area (Å²) >= 11 is 0. The summed E-state index contributed by atoms with van der Waals surface area (Å²) in [7, 11) is 5.78. The minimum Gasteiger partial charge on any atom is -0.481 e. The van der Waals surface area contributed by atoms with E-state index in [2.05, 4.69) is 5.73 Å². The summed E-state index contributed by atoms with van der Waals surface area (Å²) in [6.45, 7) is 1.91. The molecule has 8 heteroatoms. The highest BCUT2D eigenvalue weighted by Crippen LogP contribution is 2.06. The van der Waals surface area contributed by atoms with Crippen molar-refractivity contribution in [3.63, 3.8) is 0 Å². The van der Waals surface area contributed by atoms with Crippen LogP contribution in [0.5, 0.6) is 0 Å². The molecular formula is C12H25N2O6+. The van der Waals surface area contributed by atoms with E-state index in [0.717, 1.165) is 0 Å². The Morgan fingerprint density at radius 2 is 1.60 bits per heavy atom. The summed E-state index contributed by atoms with van der Waals surface area (Å²) in [5.74, 6) is -2.27. The highest BCUT2D eigenvalue weighted by atomic mass is 16.5. The molecule has 0 radical (unpaired) electrons. The first-order chi connectivity index (χ1) is 9.01. The van der Waals surface area contributed by atoms with E-state index in [1.165, 1.54) is 0 Å². The summed E-state index contributed by atoms with van der Waals surface area (Å²) < 4.78 is 5.62. The minimum absolute atomic E-state index is 0.138. The molecule has 0 aliphatic rings. The molecule has 20 heavy (non-hydrogen) atoms. The lowest BCUT2D eigenvalue weighted by molar-refractivity contribution is -0.873. The van der Waals surface area contributed by atoms with Crippen LogP contribution in [0.3, 0.4) is 0 Å². The highest BCUT2D eigenvalue weighted by molar-refractivity contribution is 5.71. The molecule has 118 valence electrons. The maximum absolute atomic E-state index is 11.1. The number of ether oxygens (including phenoxy) is 1. The number of aliphatic carboxylic acids is 2. The van der Waals surface area contributed by atoms with Crippen molar-refractivity contribution in [2.75, 3.05) is 34.2 Å². The number of rotatable bonds is 7. The Hall–Kier alpha value is -1.67. The molecule has 0 fully saturated rings. The van der Waals surface area contributed by atoms with E-state index < -0.39 is 18.0 Å². The first-order valence-corrected chi connectivity index (χ1v) is 6.15. The molecule has 0 bridgehead atoms. The third-order valence-corrected chi connectivity index (χ3v) is 1.92. The SMILES string of the molecule is CCC(=O)O[C@H](CC(=O)O)C[N+](C)(C)C.NCC(=O)O. The fourth-order valence-corrected chi connectivity index (χ4v) is 1.22. The van der Waals surface area contributed by atoms with Crippen molar-refractivity contribution >= 4 is 17.9 Å². The van der Waals surface area contributed by atoms with Crippen LogP contribution in [-0.4, -0.2) is 72.9 Å². The van der Waals surface area contributed by atoms with Gasteiger partial charge in [-0.25, -0.2) is 0 Å². The molecule has 0 saturated heterocycles. The van der Waals surface area contributed by atoms with Gasteiger partial charge in [0.1, 0.15) is 6.54 Å². The number of nitrogens with two attached hydrogens (primary N) is 1. The van der Waals surface area contributed by atoms with E-state index in [4.69, 9.17) is 14.9 Å². The number of carboxylic acid groups (broad SMARTS) is 2. The van der Waals surface area contributed by atoms with Gasteiger partial charge in [0, 0.05) is 6.42 Å². The summed E-state index contributed by atoms with van der Waals surface area (Å²) in [5, 5.41) is 16.3. The molecule has 1 atom stereocenters. The van der Waals surface area contributed by atoms with Crippen LogP contribution >= 0.6 is 0 Å². The van der Waals surface area contributed by atoms with Crippen LogP contribution in [0.4, 0.5) is 0 Å². The molecule has 8 nitrogen and oxygen atoms in total. The van der Waals surface area contributed by atoms with Crippen molar-refractivity contribution in [1.82, 2.24) is 0 Å². The lowest BCUT2D eigenvalue weighted by Gasteiger charge is -2.28. The Morgan fingerprint density at radius 1 is 1.15 bits per heavy atom. The zero-order chi connectivity index (χ0) is 16.3. The van der Waals surface area contributed by atoms with E-state index in [1.54, 1.807) is 6.92 Å². The largest absolute Gasteiger partial charge is 0.481 e. The van der Waals surface area contributed by atoms with E-state index in [9.17, 15) is 14.4 Å². The third kappa shape index (κ3) is 16.3. The van der Waals surface area contributed by atoms with E-state index >= 15 is 0 Å². The van der Waals surface area contributed by atoms with Crippen LogP contribution in [0.15, 0.2) is 0 Å². The molecule has 0 aromatic carbocycles. The maximum atomic E-state index is 11.1. The second-order valence-corrected chi connectivity index (χ2v) is 5.13. The Kier molecular flexibility index (Phi) is 10.5. The van der Waals surface area contributed by atoms with Gasteiger partial charge < -0.3 is 25.2 Å². The first kappa shape index (κ1) is 20.6. The number of hydrogen-bond donors (Lipinski definition) is 3. The first-order valence-electron chi connectivity index (χ1n) is 6.15. The average Bonchev–Trinajstić information content (AvgIpc) is 2.26. The standard InChI is InChI=1S/C10H19NO4.C2H5NO2/c1-5-10(14)15-8(6-9(12)13)7-11(2,3)4;3-1-2(4)5/h8H,5-7H2,1-4H3;1,3H2,(H,4,5)/p+1/t8-;/m1./s1. The number of nitrogens with zero attached hydrogens (tertiary/aromatic N) is 1. The van der Waals surface area contributed by atoms with E-state index in [-0.39, 0.29) is 25.4 Å². The lowest BCUT2D eigenvalue weighted by Crippen LogP contribution is -2.43. The third-order valence-electron chi connectivity index (χ3n) is 1.92. The average molecular weight is 293 g/mol. The zero-order valence-corrected chi connectivity index (χ0v) is 12.5. The maximum Gasteiger partial charge on any atom is 0.317 e. The van der Waals surface area contributed by atoms with Crippen molar-refractivity contribution in [2.24, 2.45) is 5.73 Å². The molecule has 0 saturated carbocycles. The van der Waals surface area contributed by atoms with Gasteiger partial charge in [-0.1, -0.05) is 6.92 Å². The molecule has 0 aliphatic heterocycles. The normalized spacial score (nSPS) is 11.8. The Balaban J connectivity index is 0. The Bertz CT molecular complexity index is 324. The van der Waals surface area contributed by atoms with Gasteiger partial charge in [0.15, 0.2) is 6.10 Å². The van der Waals surface area contributed by atoms with Crippen molar-refractivity contribution in [1.29, 1.82) is 0 Å². The molecule has 0 aromatic heterocycles. The summed E-state index contributed by atoms with van der Waals surface area (Å²) in [5.41, 5.74) is 4.57. The van der Waals surface area contributed by atoms with Gasteiger partial charge in [0.25, 0.3) is 0 Å². The number of likely N-dealkylation sites (N-methyl/N-ethyl adjacent to an activating group) is 1. The smallest absolute Gasteiger partial charge is 0.317 e. The molecule has 0 spiro atoms. The molecule has 0 amide bonds. The van der Waals surface area contributed by atoms with Gasteiger partial charge in [-0.2, -0.15) is 0 Å². The number of quaternary nitrogens is 1. The predicted molar refractivity (Wildman–Crippen MR) is 72.0 cm³/mol. The Labute approximate surface area is 118 Å². The van der Waals surface area contributed by atoms with Crippen LogP contribution in [-0.2, 0) is 19.1 Å². The second kappa shape index (κ2) is 10.2. The highest BCUT2D eigenvalue weighted by Gasteiger charge is 2.23. The van der Waals surface area contributed by atoms with Gasteiger partial charge in [0.2, 0.25) is 0 Å². The molecule has 0 rings (SSSR count). The molecule has 0 unspecified atom stereocenters. The van der Waals surface area contributed by atoms with Gasteiger partial charge in [-0.05, 0) is 0 Å². The topological polar surface area (TPSA) is 127 Å². The van der Waals surface area contributed by atoms with Crippen molar-refractivity contribution < 1.29 is 33.8 Å². The van der Waals surface area contributed by atoms with E-state index in [1.807, 2.05) is 21.1 Å². The van der Waals surface area contributed by atoms with Crippen molar-refractivity contribution in [3.8, 4) is 0 Å². The molecule has 0 aliphatic carbocycles. The number of hydrogen-bond acceptors (Lipinski definition) is 5. The number of esters is 1. The van der Waals surface area contributed by atoms with Crippen molar-refractivity contribution in [2.45, 2.75) is 25.9 Å². The monoisotopic (exact) mass is 293 g/mol.